The number of methoxy groups -OCH3 is 4. The Hall–Kier alpha value is -1.97. The molecule has 0 saturated carbocycles. The number of esters is 2. The van der Waals surface area contributed by atoms with Gasteiger partial charge < -0.3 is 24.1 Å². The molecule has 1 aromatic carbocycles. The molecule has 0 aromatic heterocycles. The highest BCUT2D eigenvalue weighted by Crippen LogP contribution is 2.38. The van der Waals surface area contributed by atoms with E-state index in [4.69, 9.17) is 14.2 Å². The van der Waals surface area contributed by atoms with Gasteiger partial charge in [0, 0.05) is 0 Å². The molecular weight excluding hydrogens is 407 g/mol. The Labute approximate surface area is 140 Å². The molecule has 0 aliphatic rings. The molecule has 0 amide bonds. The number of hydrogen-bond donors (Lipinski definition) is 1. The number of aromatic hydroxyl groups is 1. The first kappa shape index (κ1) is 18.1. The number of halogens is 1. The maximum Gasteiger partial charge on any atom is 0.373 e. The van der Waals surface area contributed by atoms with Crippen molar-refractivity contribution >= 4 is 40.6 Å². The minimum Gasteiger partial charge on any atom is -0.504 e. The van der Waals surface area contributed by atoms with E-state index in [9.17, 15) is 14.7 Å². The molecular formula is C14H15IO7. The van der Waals surface area contributed by atoms with Gasteiger partial charge in [-0.25, -0.2) is 9.59 Å². The van der Waals surface area contributed by atoms with Crippen LogP contribution in [0.15, 0.2) is 11.8 Å². The van der Waals surface area contributed by atoms with Crippen molar-refractivity contribution in [3.8, 4) is 11.5 Å². The van der Waals surface area contributed by atoms with Gasteiger partial charge in [0.15, 0.2) is 11.5 Å². The van der Waals surface area contributed by atoms with Crippen molar-refractivity contribution in [1.29, 1.82) is 0 Å². The van der Waals surface area contributed by atoms with E-state index in [2.05, 4.69) is 4.74 Å². The van der Waals surface area contributed by atoms with Crippen LogP contribution in [0.25, 0.3) is 6.08 Å². The number of rotatable bonds is 5. The SMILES string of the molecule is COC(=O)C(=Cc1cc(I)c(O)c(OC)c1C(=O)OC)OC. The lowest BCUT2D eigenvalue weighted by Crippen LogP contribution is -2.10. The molecule has 0 fully saturated rings. The average Bonchev–Trinajstić information content (AvgIpc) is 2.53. The third kappa shape index (κ3) is 3.62. The van der Waals surface area contributed by atoms with Crippen LogP contribution in [0.3, 0.4) is 0 Å². The highest BCUT2D eigenvalue weighted by Gasteiger charge is 2.24. The number of ether oxygens (including phenoxy) is 4. The second-order valence-electron chi connectivity index (χ2n) is 3.90. The molecule has 0 atom stereocenters. The largest absolute Gasteiger partial charge is 0.504 e. The van der Waals surface area contributed by atoms with Gasteiger partial charge in [-0.3, -0.25) is 0 Å². The van der Waals surface area contributed by atoms with Crippen LogP contribution in [0.5, 0.6) is 11.5 Å². The fraction of sp³-hybridized carbons (Fsp3) is 0.286. The maximum atomic E-state index is 12.0. The Morgan fingerprint density at radius 2 is 1.77 bits per heavy atom. The van der Waals surface area contributed by atoms with E-state index in [1.54, 1.807) is 0 Å². The van der Waals surface area contributed by atoms with Gasteiger partial charge in [0.05, 0.1) is 32.0 Å². The molecule has 0 aliphatic heterocycles. The first-order valence-electron chi connectivity index (χ1n) is 5.93. The second kappa shape index (κ2) is 7.87. The maximum absolute atomic E-state index is 12.0. The predicted molar refractivity (Wildman–Crippen MR) is 85.7 cm³/mol. The molecule has 0 radical (unpaired) electrons. The second-order valence-corrected chi connectivity index (χ2v) is 5.06. The number of benzene rings is 1. The molecule has 0 saturated heterocycles. The molecule has 0 unspecified atom stereocenters. The number of phenolic OH excluding ortho intramolecular Hbond substituents is 1. The molecule has 0 heterocycles. The zero-order valence-corrected chi connectivity index (χ0v) is 14.6. The fourth-order valence-electron chi connectivity index (χ4n) is 1.70. The molecule has 8 heteroatoms. The molecule has 1 N–H and O–H groups in total. The van der Waals surface area contributed by atoms with Crippen LogP contribution >= 0.6 is 22.6 Å². The zero-order chi connectivity index (χ0) is 16.9. The zero-order valence-electron chi connectivity index (χ0n) is 12.4. The molecule has 0 spiro atoms. The van der Waals surface area contributed by atoms with E-state index in [0.29, 0.717) is 3.57 Å². The standard InChI is InChI=1S/C14H15IO7/c1-19-9(13(17)21-3)6-7-5-8(15)11(16)12(20-2)10(7)14(18)22-4/h5-6,16H,1-4H3. The highest BCUT2D eigenvalue weighted by molar-refractivity contribution is 14.1. The van der Waals surface area contributed by atoms with Crippen molar-refractivity contribution in [1.82, 2.24) is 0 Å². The van der Waals surface area contributed by atoms with E-state index >= 15 is 0 Å². The Bertz CT molecular complexity index is 622. The molecule has 22 heavy (non-hydrogen) atoms. The van der Waals surface area contributed by atoms with Gasteiger partial charge in [-0.05, 0) is 40.3 Å². The van der Waals surface area contributed by atoms with Crippen LogP contribution < -0.4 is 4.74 Å². The van der Waals surface area contributed by atoms with Crippen molar-refractivity contribution in [2.24, 2.45) is 0 Å². The predicted octanol–water partition coefficient (Wildman–Crippen LogP) is 1.95. The van der Waals surface area contributed by atoms with E-state index in [-0.39, 0.29) is 28.4 Å². The summed E-state index contributed by atoms with van der Waals surface area (Å²) < 4.78 is 19.7. The van der Waals surface area contributed by atoms with Crippen LogP contribution in [0.2, 0.25) is 0 Å². The van der Waals surface area contributed by atoms with Crippen LogP contribution in [-0.4, -0.2) is 45.5 Å². The smallest absolute Gasteiger partial charge is 0.373 e. The minimum absolute atomic E-state index is 0.0265. The van der Waals surface area contributed by atoms with Crippen LogP contribution in [0.4, 0.5) is 0 Å². The molecule has 0 bridgehead atoms. The molecule has 1 rings (SSSR count). The molecule has 7 nitrogen and oxygen atoms in total. The molecule has 1 aromatic rings. The topological polar surface area (TPSA) is 91.3 Å². The summed E-state index contributed by atoms with van der Waals surface area (Å²) in [6.45, 7) is 0. The Balaban J connectivity index is 3.65. The number of phenols is 1. The average molecular weight is 422 g/mol. The van der Waals surface area contributed by atoms with Gasteiger partial charge in [-0.1, -0.05) is 0 Å². The van der Waals surface area contributed by atoms with Crippen molar-refractivity contribution in [3.05, 3.63) is 26.5 Å². The summed E-state index contributed by atoms with van der Waals surface area (Å²) in [6, 6.07) is 1.49. The summed E-state index contributed by atoms with van der Waals surface area (Å²) in [5, 5.41) is 10.0. The van der Waals surface area contributed by atoms with Crippen LogP contribution in [-0.2, 0) is 19.0 Å². The van der Waals surface area contributed by atoms with Gasteiger partial charge in [-0.15, -0.1) is 0 Å². The highest BCUT2D eigenvalue weighted by atomic mass is 127. The number of hydrogen-bond acceptors (Lipinski definition) is 7. The number of carbonyl (C=O) groups excluding carboxylic acids is 2. The normalized spacial score (nSPS) is 10.9. The van der Waals surface area contributed by atoms with Gasteiger partial charge >= 0.3 is 11.9 Å². The van der Waals surface area contributed by atoms with E-state index in [0.717, 1.165) is 0 Å². The summed E-state index contributed by atoms with van der Waals surface area (Å²) in [7, 11) is 5.01. The summed E-state index contributed by atoms with van der Waals surface area (Å²) in [4.78, 5) is 23.6. The van der Waals surface area contributed by atoms with E-state index in [1.807, 2.05) is 22.6 Å². The summed E-state index contributed by atoms with van der Waals surface area (Å²) in [6.07, 6.45) is 1.31. The van der Waals surface area contributed by atoms with Gasteiger partial charge in [-0.2, -0.15) is 0 Å². The van der Waals surface area contributed by atoms with Crippen molar-refractivity contribution in [3.63, 3.8) is 0 Å². The van der Waals surface area contributed by atoms with Crippen molar-refractivity contribution in [2.45, 2.75) is 0 Å². The quantitative estimate of drug-likeness (QED) is 0.336. The Morgan fingerprint density at radius 1 is 1.14 bits per heavy atom. The molecule has 120 valence electrons. The summed E-state index contributed by atoms with van der Waals surface area (Å²) in [5.74, 6) is -1.80. The minimum atomic E-state index is -0.727. The fourth-order valence-corrected chi connectivity index (χ4v) is 2.28. The Kier molecular flexibility index (Phi) is 6.47. The lowest BCUT2D eigenvalue weighted by Gasteiger charge is -2.14. The van der Waals surface area contributed by atoms with Crippen LogP contribution in [0.1, 0.15) is 15.9 Å². The van der Waals surface area contributed by atoms with Crippen molar-refractivity contribution < 1.29 is 33.6 Å². The lowest BCUT2D eigenvalue weighted by molar-refractivity contribution is -0.139. The van der Waals surface area contributed by atoms with E-state index < -0.39 is 11.9 Å². The van der Waals surface area contributed by atoms with Crippen LogP contribution in [0, 0.1) is 3.57 Å². The van der Waals surface area contributed by atoms with Gasteiger partial charge in [0.1, 0.15) is 5.56 Å². The van der Waals surface area contributed by atoms with Gasteiger partial charge in [0.2, 0.25) is 5.76 Å². The lowest BCUT2D eigenvalue weighted by atomic mass is 10.0. The third-order valence-corrected chi connectivity index (χ3v) is 3.55. The summed E-state index contributed by atoms with van der Waals surface area (Å²) in [5.41, 5.74) is 0.259. The summed E-state index contributed by atoms with van der Waals surface area (Å²) >= 11 is 1.87. The molecule has 0 aliphatic carbocycles. The third-order valence-electron chi connectivity index (χ3n) is 2.73. The first-order valence-corrected chi connectivity index (χ1v) is 7.00. The Morgan fingerprint density at radius 3 is 2.23 bits per heavy atom. The number of carbonyl (C=O) groups is 2. The van der Waals surface area contributed by atoms with E-state index in [1.165, 1.54) is 40.6 Å². The monoisotopic (exact) mass is 422 g/mol. The van der Waals surface area contributed by atoms with Crippen molar-refractivity contribution in [2.75, 3.05) is 28.4 Å². The van der Waals surface area contributed by atoms with Gasteiger partial charge in [0.25, 0.3) is 0 Å². The first-order chi connectivity index (χ1) is 10.4.